The lowest BCUT2D eigenvalue weighted by Gasteiger charge is -2.27. The summed E-state index contributed by atoms with van der Waals surface area (Å²) in [6.07, 6.45) is 1.94. The van der Waals surface area contributed by atoms with Crippen molar-refractivity contribution in [2.24, 2.45) is 0 Å². The molecule has 0 unspecified atom stereocenters. The highest BCUT2D eigenvalue weighted by molar-refractivity contribution is 5.87. The summed E-state index contributed by atoms with van der Waals surface area (Å²) in [6.45, 7) is 5.31. The van der Waals surface area contributed by atoms with Crippen LogP contribution in [-0.2, 0) is 24.4 Å². The zero-order valence-corrected chi connectivity index (χ0v) is 14.9. The van der Waals surface area contributed by atoms with Crippen LogP contribution in [-0.4, -0.2) is 44.1 Å². The molecule has 0 bridgehead atoms. The molecule has 0 saturated carbocycles. The van der Waals surface area contributed by atoms with Crippen LogP contribution in [0.1, 0.15) is 27.4 Å². The van der Waals surface area contributed by atoms with Gasteiger partial charge in [0.1, 0.15) is 0 Å². The van der Waals surface area contributed by atoms with E-state index in [0.29, 0.717) is 5.69 Å². The van der Waals surface area contributed by atoms with Gasteiger partial charge in [0.2, 0.25) is 0 Å². The van der Waals surface area contributed by atoms with Crippen LogP contribution in [0.25, 0.3) is 5.69 Å². The maximum atomic E-state index is 11.7. The van der Waals surface area contributed by atoms with Crippen molar-refractivity contribution < 1.29 is 9.53 Å². The van der Waals surface area contributed by atoms with E-state index in [2.05, 4.69) is 34.2 Å². The lowest BCUT2D eigenvalue weighted by Crippen LogP contribution is -2.33. The maximum absolute atomic E-state index is 11.7. The van der Waals surface area contributed by atoms with Crippen LogP contribution in [0.5, 0.6) is 0 Å². The number of esters is 1. The fourth-order valence-corrected chi connectivity index (χ4v) is 3.33. The minimum atomic E-state index is -0.390. The molecule has 0 aliphatic carbocycles. The Labute approximate surface area is 151 Å². The van der Waals surface area contributed by atoms with E-state index in [0.717, 1.165) is 43.3 Å². The van der Waals surface area contributed by atoms with Crippen LogP contribution in [0, 0.1) is 6.92 Å². The average molecular weight is 351 g/mol. The fraction of sp³-hybridized carbons (Fsp3) is 0.316. The maximum Gasteiger partial charge on any atom is 0.358 e. The molecular weight excluding hydrogens is 330 g/mol. The first kappa shape index (κ1) is 16.5. The van der Waals surface area contributed by atoms with E-state index in [1.807, 2.05) is 39.8 Å². The summed E-state index contributed by atoms with van der Waals surface area (Å²) in [7, 11) is 1.38. The number of carbonyl (C=O) groups excluding carboxylic acids is 1. The van der Waals surface area contributed by atoms with E-state index < -0.39 is 5.97 Å². The quantitative estimate of drug-likeness (QED) is 0.674. The van der Waals surface area contributed by atoms with Crippen LogP contribution in [0.15, 0.2) is 42.6 Å². The molecule has 26 heavy (non-hydrogen) atoms. The Morgan fingerprint density at radius 2 is 2.04 bits per heavy atom. The molecule has 0 N–H and O–H groups in total. The first-order valence-corrected chi connectivity index (χ1v) is 8.62. The van der Waals surface area contributed by atoms with Crippen LogP contribution in [0.2, 0.25) is 0 Å². The Morgan fingerprint density at radius 1 is 1.23 bits per heavy atom. The molecule has 0 fully saturated rings. The highest BCUT2D eigenvalue weighted by atomic mass is 16.5. The molecule has 0 radical (unpaired) electrons. The number of para-hydroxylation sites is 1. The lowest BCUT2D eigenvalue weighted by molar-refractivity contribution is 0.0593. The summed E-state index contributed by atoms with van der Waals surface area (Å²) in [5, 5.41) is 8.87. The SMILES string of the molecule is COC(=O)c1cc2n(n1)CCN(Cc1cnn(-c3ccccc3)c1C)C2. The number of rotatable bonds is 4. The Bertz CT molecular complexity index is 929. The Kier molecular flexibility index (Phi) is 4.30. The van der Waals surface area contributed by atoms with Gasteiger partial charge in [-0.05, 0) is 25.1 Å². The standard InChI is InChI=1S/C19H21N5O2/c1-14-15(11-20-24(14)16-6-4-3-5-7-16)12-22-8-9-23-17(13-22)10-18(21-23)19(25)26-2/h3-7,10-11H,8-9,12-13H2,1-2H3. The molecule has 0 amide bonds. The van der Waals surface area contributed by atoms with Crippen molar-refractivity contribution in [1.82, 2.24) is 24.5 Å². The second-order valence-electron chi connectivity index (χ2n) is 6.45. The smallest absolute Gasteiger partial charge is 0.358 e. The molecule has 0 spiro atoms. The average Bonchev–Trinajstić information content (AvgIpc) is 3.25. The van der Waals surface area contributed by atoms with Crippen molar-refractivity contribution in [2.75, 3.05) is 13.7 Å². The zero-order chi connectivity index (χ0) is 18.1. The van der Waals surface area contributed by atoms with Gasteiger partial charge < -0.3 is 4.74 Å². The number of methoxy groups -OCH3 is 1. The molecule has 2 aromatic heterocycles. The normalized spacial score (nSPS) is 14.2. The minimum Gasteiger partial charge on any atom is -0.464 e. The first-order chi connectivity index (χ1) is 12.7. The van der Waals surface area contributed by atoms with E-state index in [4.69, 9.17) is 4.74 Å². The number of fused-ring (bicyclic) bond motifs is 1. The molecule has 4 rings (SSSR count). The van der Waals surface area contributed by atoms with Gasteiger partial charge in [-0.1, -0.05) is 18.2 Å². The van der Waals surface area contributed by atoms with Crippen LogP contribution in [0.4, 0.5) is 0 Å². The summed E-state index contributed by atoms with van der Waals surface area (Å²) in [5.41, 5.74) is 4.82. The van der Waals surface area contributed by atoms with Crippen molar-refractivity contribution in [2.45, 2.75) is 26.6 Å². The fourth-order valence-electron chi connectivity index (χ4n) is 3.33. The second kappa shape index (κ2) is 6.76. The number of carbonyl (C=O) groups is 1. The highest BCUT2D eigenvalue weighted by Gasteiger charge is 2.22. The number of benzene rings is 1. The van der Waals surface area contributed by atoms with Gasteiger partial charge in [-0.25, -0.2) is 9.48 Å². The van der Waals surface area contributed by atoms with Gasteiger partial charge in [-0.3, -0.25) is 9.58 Å². The number of hydrogen-bond donors (Lipinski definition) is 0. The van der Waals surface area contributed by atoms with Crippen molar-refractivity contribution in [3.05, 3.63) is 65.2 Å². The molecule has 134 valence electrons. The van der Waals surface area contributed by atoms with E-state index in [-0.39, 0.29) is 0 Å². The third-order valence-electron chi connectivity index (χ3n) is 4.78. The predicted molar refractivity (Wildman–Crippen MR) is 96.0 cm³/mol. The van der Waals surface area contributed by atoms with E-state index >= 15 is 0 Å². The molecule has 3 heterocycles. The van der Waals surface area contributed by atoms with Gasteiger partial charge in [0.15, 0.2) is 5.69 Å². The van der Waals surface area contributed by atoms with Gasteiger partial charge in [0.25, 0.3) is 0 Å². The van der Waals surface area contributed by atoms with Gasteiger partial charge in [0.05, 0.1) is 31.2 Å². The van der Waals surface area contributed by atoms with Gasteiger partial charge in [0, 0.05) is 30.9 Å². The summed E-state index contributed by atoms with van der Waals surface area (Å²) < 4.78 is 8.62. The molecule has 1 aliphatic rings. The Hall–Kier alpha value is -2.93. The summed E-state index contributed by atoms with van der Waals surface area (Å²) in [6, 6.07) is 12.0. The molecule has 1 aromatic carbocycles. The first-order valence-electron chi connectivity index (χ1n) is 8.62. The lowest BCUT2D eigenvalue weighted by atomic mass is 10.2. The van der Waals surface area contributed by atoms with Gasteiger partial charge >= 0.3 is 5.97 Å². The molecule has 1 aliphatic heterocycles. The molecule has 7 nitrogen and oxygen atoms in total. The molecule has 3 aromatic rings. The van der Waals surface area contributed by atoms with E-state index in [9.17, 15) is 4.79 Å². The number of aromatic nitrogens is 4. The zero-order valence-electron chi connectivity index (χ0n) is 14.9. The number of hydrogen-bond acceptors (Lipinski definition) is 5. The predicted octanol–water partition coefficient (Wildman–Crippen LogP) is 2.18. The molecular formula is C19H21N5O2. The minimum absolute atomic E-state index is 0.373. The summed E-state index contributed by atoms with van der Waals surface area (Å²) in [5.74, 6) is -0.390. The third-order valence-corrected chi connectivity index (χ3v) is 4.78. The van der Waals surface area contributed by atoms with Crippen LogP contribution >= 0.6 is 0 Å². The van der Waals surface area contributed by atoms with Gasteiger partial charge in [-0.2, -0.15) is 10.2 Å². The second-order valence-corrected chi connectivity index (χ2v) is 6.45. The Morgan fingerprint density at radius 3 is 2.81 bits per heavy atom. The molecule has 7 heteroatoms. The topological polar surface area (TPSA) is 65.2 Å². The summed E-state index contributed by atoms with van der Waals surface area (Å²) in [4.78, 5) is 14.0. The monoisotopic (exact) mass is 351 g/mol. The van der Waals surface area contributed by atoms with Crippen molar-refractivity contribution in [3.63, 3.8) is 0 Å². The molecule has 0 atom stereocenters. The highest BCUT2D eigenvalue weighted by Crippen LogP contribution is 2.20. The number of nitrogens with zero attached hydrogens (tertiary/aromatic N) is 5. The number of ether oxygens (including phenoxy) is 1. The van der Waals surface area contributed by atoms with E-state index in [1.165, 1.54) is 12.7 Å². The third kappa shape index (κ3) is 3.01. The van der Waals surface area contributed by atoms with Crippen molar-refractivity contribution in [3.8, 4) is 5.69 Å². The van der Waals surface area contributed by atoms with Crippen molar-refractivity contribution in [1.29, 1.82) is 0 Å². The van der Waals surface area contributed by atoms with E-state index in [1.54, 1.807) is 0 Å². The Balaban J connectivity index is 1.50. The largest absolute Gasteiger partial charge is 0.464 e. The summed E-state index contributed by atoms with van der Waals surface area (Å²) >= 11 is 0. The van der Waals surface area contributed by atoms with Crippen LogP contribution < -0.4 is 0 Å². The molecule has 0 saturated heterocycles. The van der Waals surface area contributed by atoms with Crippen LogP contribution in [0.3, 0.4) is 0 Å². The van der Waals surface area contributed by atoms with Crippen molar-refractivity contribution >= 4 is 5.97 Å². The van der Waals surface area contributed by atoms with Gasteiger partial charge in [-0.15, -0.1) is 0 Å².